The van der Waals surface area contributed by atoms with E-state index < -0.39 is 12.1 Å². The maximum Gasteiger partial charge on any atom is 0.307 e. The zero-order valence-corrected chi connectivity index (χ0v) is 17.1. The third-order valence-corrected chi connectivity index (χ3v) is 6.04. The Morgan fingerprint density at radius 2 is 2.00 bits per heavy atom. The number of hydrogen-bond donors (Lipinski definition) is 1. The van der Waals surface area contributed by atoms with Gasteiger partial charge in [0.1, 0.15) is 0 Å². The van der Waals surface area contributed by atoms with Crippen molar-refractivity contribution in [3.05, 3.63) is 56.7 Å². The highest BCUT2D eigenvalue weighted by atomic mass is 35.5. The van der Waals surface area contributed by atoms with Gasteiger partial charge in [-0.2, -0.15) is 0 Å². The van der Waals surface area contributed by atoms with Gasteiger partial charge in [0.15, 0.2) is 11.9 Å². The van der Waals surface area contributed by atoms with Crippen molar-refractivity contribution in [2.75, 3.05) is 0 Å². The third-order valence-electron chi connectivity index (χ3n) is 4.77. The minimum Gasteiger partial charge on any atom is -0.453 e. The highest BCUT2D eigenvalue weighted by molar-refractivity contribution is 7.18. The average molecular weight is 420 g/mol. The number of aryl methyl sites for hydroxylation is 1. The molecule has 1 aliphatic carbocycles. The van der Waals surface area contributed by atoms with Gasteiger partial charge >= 0.3 is 5.97 Å². The lowest BCUT2D eigenvalue weighted by Gasteiger charge is -2.27. The summed E-state index contributed by atoms with van der Waals surface area (Å²) in [5, 5.41) is 2.98. The van der Waals surface area contributed by atoms with Crippen LogP contribution in [0.15, 0.2) is 36.4 Å². The van der Waals surface area contributed by atoms with Crippen molar-refractivity contribution in [1.82, 2.24) is 5.32 Å². The molecule has 0 saturated carbocycles. The lowest BCUT2D eigenvalue weighted by molar-refractivity contribution is -0.155. The summed E-state index contributed by atoms with van der Waals surface area (Å²) in [6, 6.07) is 11.3. The summed E-state index contributed by atoms with van der Waals surface area (Å²) in [5.74, 6) is -1.06. The van der Waals surface area contributed by atoms with Crippen molar-refractivity contribution in [3.8, 4) is 0 Å². The Hall–Kier alpha value is -2.18. The number of esters is 1. The smallest absolute Gasteiger partial charge is 0.307 e. The predicted octanol–water partition coefficient (Wildman–Crippen LogP) is 4.49. The lowest BCUT2D eigenvalue weighted by Crippen LogP contribution is -2.39. The molecule has 0 saturated heterocycles. The molecule has 0 spiro atoms. The topological polar surface area (TPSA) is 72.5 Å². The molecule has 1 aromatic heterocycles. The number of thiophene rings is 1. The van der Waals surface area contributed by atoms with E-state index in [0.29, 0.717) is 9.21 Å². The van der Waals surface area contributed by atoms with Gasteiger partial charge in [0.05, 0.1) is 21.7 Å². The van der Waals surface area contributed by atoms with Crippen LogP contribution in [0.1, 0.15) is 59.4 Å². The van der Waals surface area contributed by atoms with Gasteiger partial charge in [-0.3, -0.25) is 14.4 Å². The van der Waals surface area contributed by atoms with E-state index in [1.807, 2.05) is 18.2 Å². The van der Waals surface area contributed by atoms with Crippen LogP contribution in [0.25, 0.3) is 0 Å². The van der Waals surface area contributed by atoms with Crippen LogP contribution >= 0.6 is 22.9 Å². The van der Waals surface area contributed by atoms with Crippen molar-refractivity contribution in [2.24, 2.45) is 0 Å². The van der Waals surface area contributed by atoms with Gasteiger partial charge in [0, 0.05) is 6.42 Å². The molecule has 2 atom stereocenters. The first-order valence-electron chi connectivity index (χ1n) is 9.30. The van der Waals surface area contributed by atoms with Gasteiger partial charge in [-0.25, -0.2) is 0 Å². The molecule has 2 aromatic rings. The van der Waals surface area contributed by atoms with E-state index in [4.69, 9.17) is 16.3 Å². The molecule has 1 N–H and O–H groups in total. The molecule has 0 unspecified atom stereocenters. The standard InChI is InChI=1S/C21H22ClNO4S/c1-13(27-20(25)12-9-17(24)18-10-11-19(22)28-18)21(26)23-16-8-4-6-14-5-2-3-7-15(14)16/h2-3,5,7,10-11,13,16H,4,6,8-9,12H2,1H3,(H,23,26)/t13-,16-/m0/s1. The van der Waals surface area contributed by atoms with Crippen LogP contribution < -0.4 is 5.32 Å². The number of ether oxygens (including phenoxy) is 1. The number of benzene rings is 1. The van der Waals surface area contributed by atoms with E-state index in [1.54, 1.807) is 19.1 Å². The fourth-order valence-corrected chi connectivity index (χ4v) is 4.32. The van der Waals surface area contributed by atoms with E-state index in [2.05, 4.69) is 11.4 Å². The number of fused-ring (bicyclic) bond motifs is 1. The van der Waals surface area contributed by atoms with Gasteiger partial charge in [-0.1, -0.05) is 35.9 Å². The molecule has 5 nitrogen and oxygen atoms in total. The Morgan fingerprint density at radius 3 is 2.75 bits per heavy atom. The summed E-state index contributed by atoms with van der Waals surface area (Å²) in [5.41, 5.74) is 2.37. The van der Waals surface area contributed by atoms with Crippen molar-refractivity contribution >= 4 is 40.6 Å². The molecule has 7 heteroatoms. The molecule has 28 heavy (non-hydrogen) atoms. The first-order valence-corrected chi connectivity index (χ1v) is 10.5. The Balaban J connectivity index is 1.48. The Kier molecular flexibility index (Phi) is 6.86. The second kappa shape index (κ2) is 9.34. The van der Waals surface area contributed by atoms with E-state index in [1.165, 1.54) is 16.9 Å². The maximum atomic E-state index is 12.5. The van der Waals surface area contributed by atoms with Crippen LogP contribution in [0.3, 0.4) is 0 Å². The number of rotatable bonds is 7. The summed E-state index contributed by atoms with van der Waals surface area (Å²) in [6.07, 6.45) is 1.93. The van der Waals surface area contributed by atoms with Crippen LogP contribution in [0.5, 0.6) is 0 Å². The number of Topliss-reactive ketones (excluding diaryl/α,β-unsaturated/α-hetero) is 1. The zero-order chi connectivity index (χ0) is 20.1. The molecule has 148 valence electrons. The fourth-order valence-electron chi connectivity index (χ4n) is 3.31. The molecule has 0 fully saturated rings. The number of ketones is 1. The minimum absolute atomic E-state index is 0.0278. The van der Waals surface area contributed by atoms with Gasteiger partial charge in [0.2, 0.25) is 0 Å². The van der Waals surface area contributed by atoms with Gasteiger partial charge in [-0.05, 0) is 49.4 Å². The van der Waals surface area contributed by atoms with E-state index in [-0.39, 0.29) is 30.6 Å². The quantitative estimate of drug-likeness (QED) is 0.530. The summed E-state index contributed by atoms with van der Waals surface area (Å²) >= 11 is 6.99. The van der Waals surface area contributed by atoms with Crippen molar-refractivity contribution in [1.29, 1.82) is 0 Å². The Morgan fingerprint density at radius 1 is 1.21 bits per heavy atom. The van der Waals surface area contributed by atoms with E-state index >= 15 is 0 Å². The van der Waals surface area contributed by atoms with Crippen LogP contribution in [0.4, 0.5) is 0 Å². The van der Waals surface area contributed by atoms with Crippen molar-refractivity contribution in [3.63, 3.8) is 0 Å². The number of amides is 1. The molecular formula is C21H22ClNO4S. The number of nitrogens with one attached hydrogen (secondary N) is 1. The molecule has 0 bridgehead atoms. The fraction of sp³-hybridized carbons (Fsp3) is 0.381. The van der Waals surface area contributed by atoms with Crippen molar-refractivity contribution < 1.29 is 19.1 Å². The molecule has 1 aliphatic rings. The monoisotopic (exact) mass is 419 g/mol. The van der Waals surface area contributed by atoms with Gasteiger partial charge in [-0.15, -0.1) is 11.3 Å². The first kappa shape index (κ1) is 20.6. The summed E-state index contributed by atoms with van der Waals surface area (Å²) in [6.45, 7) is 1.54. The molecule has 1 amide bonds. The molecule has 1 heterocycles. The summed E-state index contributed by atoms with van der Waals surface area (Å²) < 4.78 is 5.74. The molecule has 3 rings (SSSR count). The largest absolute Gasteiger partial charge is 0.453 e. The first-order chi connectivity index (χ1) is 13.4. The molecule has 0 aliphatic heterocycles. The van der Waals surface area contributed by atoms with Gasteiger partial charge in [0.25, 0.3) is 5.91 Å². The van der Waals surface area contributed by atoms with E-state index in [9.17, 15) is 14.4 Å². The highest BCUT2D eigenvalue weighted by Gasteiger charge is 2.25. The minimum atomic E-state index is -0.909. The summed E-state index contributed by atoms with van der Waals surface area (Å²) in [4.78, 5) is 37.0. The van der Waals surface area contributed by atoms with Crippen LogP contribution in [-0.2, 0) is 20.7 Å². The average Bonchev–Trinajstić information content (AvgIpc) is 3.13. The number of carbonyl (C=O) groups excluding carboxylic acids is 3. The molecule has 0 radical (unpaired) electrons. The van der Waals surface area contributed by atoms with Gasteiger partial charge < -0.3 is 10.1 Å². The second-order valence-electron chi connectivity index (χ2n) is 6.81. The van der Waals surface area contributed by atoms with Crippen LogP contribution in [0.2, 0.25) is 4.34 Å². The Bertz CT molecular complexity index is 879. The number of halogens is 1. The zero-order valence-electron chi connectivity index (χ0n) is 15.6. The molecule has 1 aromatic carbocycles. The number of carbonyl (C=O) groups is 3. The predicted molar refractivity (Wildman–Crippen MR) is 109 cm³/mol. The summed E-state index contributed by atoms with van der Waals surface area (Å²) in [7, 11) is 0. The van der Waals surface area contributed by atoms with Crippen molar-refractivity contribution in [2.45, 2.75) is 51.2 Å². The lowest BCUT2D eigenvalue weighted by atomic mass is 9.87. The maximum absolute atomic E-state index is 12.5. The second-order valence-corrected chi connectivity index (χ2v) is 8.53. The number of hydrogen-bond acceptors (Lipinski definition) is 5. The van der Waals surface area contributed by atoms with Crippen LogP contribution in [-0.4, -0.2) is 23.8 Å². The third kappa shape index (κ3) is 5.20. The van der Waals surface area contributed by atoms with Crippen LogP contribution in [0, 0.1) is 0 Å². The Labute approximate surface area is 173 Å². The molecular weight excluding hydrogens is 398 g/mol. The highest BCUT2D eigenvalue weighted by Crippen LogP contribution is 2.29. The SMILES string of the molecule is C[C@H](OC(=O)CCC(=O)c1ccc(Cl)s1)C(=O)N[C@H]1CCCc2ccccc21. The normalized spacial score (nSPS) is 16.7. The van der Waals surface area contributed by atoms with E-state index in [0.717, 1.165) is 24.8 Å².